The summed E-state index contributed by atoms with van der Waals surface area (Å²) < 4.78 is 32.2. The van der Waals surface area contributed by atoms with E-state index in [1.165, 1.54) is 19.1 Å². The van der Waals surface area contributed by atoms with E-state index in [4.69, 9.17) is 4.74 Å². The fraction of sp³-hybridized carbons (Fsp3) is 0.200. The van der Waals surface area contributed by atoms with Gasteiger partial charge >= 0.3 is 5.97 Å². The summed E-state index contributed by atoms with van der Waals surface area (Å²) in [6.45, 7) is 2.36. The molecule has 0 bridgehead atoms. The van der Waals surface area contributed by atoms with E-state index < -0.39 is 40.7 Å². The van der Waals surface area contributed by atoms with Gasteiger partial charge < -0.3 is 15.2 Å². The second kappa shape index (κ2) is 12.2. The standard InChI is InChI=1S/C25H26N4O6S/c1-17-8-14-22(15-9-17)36(33,34)29-24(18(2)30)25(32)35-16-23(31)26-19-10-12-21(13-11-19)28-27-20-6-4-3-5-7-20/h3-15,18,24,29-30H,16H2,1-2H3,(H,26,31)/t18-,24-/m0/s1. The van der Waals surface area contributed by atoms with Crippen LogP contribution in [0.1, 0.15) is 12.5 Å². The molecule has 1 amide bonds. The average Bonchev–Trinajstić information content (AvgIpc) is 2.86. The van der Waals surface area contributed by atoms with Crippen LogP contribution in [-0.4, -0.2) is 44.2 Å². The molecule has 0 aliphatic rings. The van der Waals surface area contributed by atoms with E-state index in [1.807, 2.05) is 30.3 Å². The molecule has 0 unspecified atom stereocenters. The van der Waals surface area contributed by atoms with Crippen molar-refractivity contribution in [3.8, 4) is 0 Å². The largest absolute Gasteiger partial charge is 0.454 e. The van der Waals surface area contributed by atoms with Crippen LogP contribution < -0.4 is 10.0 Å². The van der Waals surface area contributed by atoms with Gasteiger partial charge in [-0.25, -0.2) is 8.42 Å². The number of anilines is 1. The molecule has 2 atom stereocenters. The first kappa shape index (κ1) is 26.7. The number of aliphatic hydroxyl groups excluding tert-OH is 1. The third-order valence-corrected chi connectivity index (χ3v) is 6.34. The first-order valence-corrected chi connectivity index (χ1v) is 12.4. The van der Waals surface area contributed by atoms with Crippen molar-refractivity contribution in [2.45, 2.75) is 30.9 Å². The van der Waals surface area contributed by atoms with Crippen molar-refractivity contribution in [2.24, 2.45) is 10.2 Å². The third-order valence-electron chi connectivity index (χ3n) is 4.88. The topological polar surface area (TPSA) is 147 Å². The number of esters is 1. The number of nitrogens with one attached hydrogen (secondary N) is 2. The molecular formula is C25H26N4O6S. The molecule has 0 radical (unpaired) electrons. The zero-order valence-corrected chi connectivity index (χ0v) is 20.5. The molecule has 0 aliphatic heterocycles. The smallest absolute Gasteiger partial charge is 0.327 e. The lowest BCUT2D eigenvalue weighted by Crippen LogP contribution is -2.48. The van der Waals surface area contributed by atoms with Crippen LogP contribution in [0.5, 0.6) is 0 Å². The molecule has 3 aromatic rings. The molecular weight excluding hydrogens is 484 g/mol. The van der Waals surface area contributed by atoms with Gasteiger partial charge in [-0.3, -0.25) is 9.59 Å². The van der Waals surface area contributed by atoms with Gasteiger partial charge in [0.2, 0.25) is 10.0 Å². The third kappa shape index (κ3) is 7.80. The van der Waals surface area contributed by atoms with Gasteiger partial charge in [0, 0.05) is 5.69 Å². The molecule has 10 nitrogen and oxygen atoms in total. The Balaban J connectivity index is 1.53. The summed E-state index contributed by atoms with van der Waals surface area (Å²) >= 11 is 0. The summed E-state index contributed by atoms with van der Waals surface area (Å²) in [4.78, 5) is 24.6. The zero-order valence-electron chi connectivity index (χ0n) is 19.7. The Hall–Kier alpha value is -3.93. The van der Waals surface area contributed by atoms with Crippen LogP contribution in [0.25, 0.3) is 0 Å². The molecule has 3 N–H and O–H groups in total. The molecule has 3 rings (SSSR count). The SMILES string of the molecule is Cc1ccc(S(=O)(=O)N[C@H](C(=O)OCC(=O)Nc2ccc(N=Nc3ccccc3)cc2)[C@H](C)O)cc1. The van der Waals surface area contributed by atoms with E-state index in [0.717, 1.165) is 5.56 Å². The first-order chi connectivity index (χ1) is 17.1. The highest BCUT2D eigenvalue weighted by molar-refractivity contribution is 7.89. The van der Waals surface area contributed by atoms with Crippen LogP contribution in [-0.2, 0) is 24.3 Å². The summed E-state index contributed by atoms with van der Waals surface area (Å²) in [7, 11) is -4.11. The Labute approximate surface area is 209 Å². The molecule has 0 aromatic heterocycles. The number of sulfonamides is 1. The number of aryl methyl sites for hydroxylation is 1. The van der Waals surface area contributed by atoms with Crippen molar-refractivity contribution in [3.63, 3.8) is 0 Å². The number of hydrogen-bond acceptors (Lipinski definition) is 8. The summed E-state index contributed by atoms with van der Waals surface area (Å²) in [6.07, 6.45) is -1.40. The van der Waals surface area contributed by atoms with Crippen LogP contribution in [0, 0.1) is 6.92 Å². The van der Waals surface area contributed by atoms with E-state index in [9.17, 15) is 23.1 Å². The Morgan fingerprint density at radius 3 is 2.08 bits per heavy atom. The summed E-state index contributed by atoms with van der Waals surface area (Å²) in [5, 5.41) is 20.7. The number of ether oxygens (including phenoxy) is 1. The predicted octanol–water partition coefficient (Wildman–Crippen LogP) is 3.62. The van der Waals surface area contributed by atoms with Gasteiger partial charge in [-0.15, -0.1) is 0 Å². The number of rotatable bonds is 10. The van der Waals surface area contributed by atoms with Gasteiger partial charge in [-0.1, -0.05) is 35.9 Å². The van der Waals surface area contributed by atoms with Crippen molar-refractivity contribution in [2.75, 3.05) is 11.9 Å². The molecule has 0 aliphatic carbocycles. The second-order valence-electron chi connectivity index (χ2n) is 7.89. The lowest BCUT2D eigenvalue weighted by atomic mass is 10.2. The van der Waals surface area contributed by atoms with Crippen molar-refractivity contribution in [1.82, 2.24) is 4.72 Å². The van der Waals surface area contributed by atoms with Gasteiger partial charge in [0.25, 0.3) is 5.91 Å². The highest BCUT2D eigenvalue weighted by Gasteiger charge is 2.31. The van der Waals surface area contributed by atoms with Gasteiger partial charge in [0.15, 0.2) is 6.61 Å². The number of nitrogens with zero attached hydrogens (tertiary/aromatic N) is 2. The van der Waals surface area contributed by atoms with E-state index in [0.29, 0.717) is 17.1 Å². The first-order valence-electron chi connectivity index (χ1n) is 10.9. The summed E-state index contributed by atoms with van der Waals surface area (Å²) in [6, 6.07) is 20.1. The number of aliphatic hydroxyl groups is 1. The van der Waals surface area contributed by atoms with E-state index >= 15 is 0 Å². The number of amides is 1. The quantitative estimate of drug-likeness (QED) is 0.280. The van der Waals surface area contributed by atoms with Gasteiger partial charge in [0.05, 0.1) is 22.4 Å². The highest BCUT2D eigenvalue weighted by atomic mass is 32.2. The average molecular weight is 511 g/mol. The van der Waals surface area contributed by atoms with Crippen molar-refractivity contribution < 1.29 is 27.9 Å². The maximum Gasteiger partial charge on any atom is 0.327 e. The van der Waals surface area contributed by atoms with Crippen LogP contribution >= 0.6 is 0 Å². The monoisotopic (exact) mass is 510 g/mol. The maximum absolute atomic E-state index is 12.6. The number of carbonyl (C=O) groups excluding carboxylic acids is 2. The summed E-state index contributed by atoms with van der Waals surface area (Å²) in [5.41, 5.74) is 2.57. The van der Waals surface area contributed by atoms with Crippen molar-refractivity contribution in [3.05, 3.63) is 84.4 Å². The Morgan fingerprint density at radius 2 is 1.50 bits per heavy atom. The molecule has 36 heavy (non-hydrogen) atoms. The van der Waals surface area contributed by atoms with E-state index in [2.05, 4.69) is 20.3 Å². The van der Waals surface area contributed by atoms with Gasteiger partial charge in [-0.2, -0.15) is 15.0 Å². The van der Waals surface area contributed by atoms with Gasteiger partial charge in [-0.05, 0) is 62.4 Å². The van der Waals surface area contributed by atoms with Crippen molar-refractivity contribution in [1.29, 1.82) is 0 Å². The number of azo groups is 1. The lowest BCUT2D eigenvalue weighted by Gasteiger charge is -2.20. The van der Waals surface area contributed by atoms with Crippen molar-refractivity contribution >= 4 is 39.0 Å². The molecule has 0 saturated heterocycles. The van der Waals surface area contributed by atoms with Crippen LogP contribution in [0.4, 0.5) is 17.1 Å². The lowest BCUT2D eigenvalue weighted by molar-refractivity contribution is -0.151. The summed E-state index contributed by atoms with van der Waals surface area (Å²) in [5.74, 6) is -1.74. The second-order valence-corrected chi connectivity index (χ2v) is 9.60. The molecule has 0 saturated carbocycles. The number of carbonyl (C=O) groups is 2. The minimum absolute atomic E-state index is 0.0731. The van der Waals surface area contributed by atoms with Crippen LogP contribution in [0.15, 0.2) is 94.0 Å². The fourth-order valence-corrected chi connectivity index (χ4v) is 4.20. The molecule has 0 spiro atoms. The minimum Gasteiger partial charge on any atom is -0.454 e. The van der Waals surface area contributed by atoms with E-state index in [-0.39, 0.29) is 4.90 Å². The van der Waals surface area contributed by atoms with E-state index in [1.54, 1.807) is 43.3 Å². The highest BCUT2D eigenvalue weighted by Crippen LogP contribution is 2.20. The van der Waals surface area contributed by atoms with Crippen LogP contribution in [0.2, 0.25) is 0 Å². The Morgan fingerprint density at radius 1 is 0.917 bits per heavy atom. The van der Waals surface area contributed by atoms with Crippen LogP contribution in [0.3, 0.4) is 0 Å². The molecule has 0 fully saturated rings. The zero-order chi connectivity index (χ0) is 26.1. The fourth-order valence-electron chi connectivity index (χ4n) is 2.94. The molecule has 0 heterocycles. The minimum atomic E-state index is -4.11. The maximum atomic E-state index is 12.6. The molecule has 3 aromatic carbocycles. The number of benzene rings is 3. The van der Waals surface area contributed by atoms with Gasteiger partial charge in [0.1, 0.15) is 6.04 Å². The predicted molar refractivity (Wildman–Crippen MR) is 134 cm³/mol. The normalized spacial score (nSPS) is 13.2. The number of hydrogen-bond donors (Lipinski definition) is 3. The molecule has 188 valence electrons. The molecule has 11 heteroatoms. The Bertz CT molecular complexity index is 1310. The Kier molecular flexibility index (Phi) is 9.01.